The van der Waals surface area contributed by atoms with E-state index in [1.54, 1.807) is 0 Å². The monoisotopic (exact) mass is 191 g/mol. The molecular weight excluding hydrogens is 178 g/mol. The minimum atomic E-state index is 0.207. The molecule has 0 spiro atoms. The summed E-state index contributed by atoms with van der Waals surface area (Å²) in [5, 5.41) is 7.53. The van der Waals surface area contributed by atoms with Crippen molar-refractivity contribution in [3.63, 3.8) is 0 Å². The highest BCUT2D eigenvalue weighted by Crippen LogP contribution is 2.25. The standard InChI is InChI=1S/C11H13NO2/c1-13-11(12)9-4-5-10-8(7-9)3-2-6-14-10/h4-5,7,12H,2-3,6H2,1H3. The van der Waals surface area contributed by atoms with Crippen LogP contribution in [-0.4, -0.2) is 19.6 Å². The average Bonchev–Trinajstić information content (AvgIpc) is 2.27. The van der Waals surface area contributed by atoms with Gasteiger partial charge in [0.1, 0.15) is 5.75 Å². The Kier molecular flexibility index (Phi) is 2.39. The zero-order chi connectivity index (χ0) is 9.97. The summed E-state index contributed by atoms with van der Waals surface area (Å²) >= 11 is 0. The molecule has 1 aliphatic heterocycles. The van der Waals surface area contributed by atoms with Crippen LogP contribution in [0.2, 0.25) is 0 Å². The third kappa shape index (κ3) is 1.58. The molecule has 0 bridgehead atoms. The minimum Gasteiger partial charge on any atom is -0.493 e. The minimum absolute atomic E-state index is 0.207. The Balaban J connectivity index is 2.33. The maximum absolute atomic E-state index is 7.53. The van der Waals surface area contributed by atoms with Crippen LogP contribution in [-0.2, 0) is 11.2 Å². The third-order valence-corrected chi connectivity index (χ3v) is 2.37. The van der Waals surface area contributed by atoms with E-state index >= 15 is 0 Å². The Morgan fingerprint density at radius 3 is 3.14 bits per heavy atom. The van der Waals surface area contributed by atoms with E-state index in [0.29, 0.717) is 0 Å². The van der Waals surface area contributed by atoms with E-state index in [-0.39, 0.29) is 5.90 Å². The fourth-order valence-corrected chi connectivity index (χ4v) is 1.62. The number of aryl methyl sites for hydroxylation is 1. The number of ether oxygens (including phenoxy) is 2. The molecule has 0 saturated carbocycles. The van der Waals surface area contributed by atoms with Crippen LogP contribution in [0.5, 0.6) is 5.75 Å². The van der Waals surface area contributed by atoms with Gasteiger partial charge in [-0.25, -0.2) is 0 Å². The number of methoxy groups -OCH3 is 1. The van der Waals surface area contributed by atoms with Crippen molar-refractivity contribution >= 4 is 5.90 Å². The second kappa shape index (κ2) is 3.70. The molecule has 3 heteroatoms. The predicted octanol–water partition coefficient (Wildman–Crippen LogP) is 1.98. The number of fused-ring (bicyclic) bond motifs is 1. The summed E-state index contributed by atoms with van der Waals surface area (Å²) in [5.41, 5.74) is 1.99. The lowest BCUT2D eigenvalue weighted by Gasteiger charge is -2.17. The second-order valence-corrected chi connectivity index (χ2v) is 3.31. The average molecular weight is 191 g/mol. The Labute approximate surface area is 83.2 Å². The summed E-state index contributed by atoms with van der Waals surface area (Å²) in [6.45, 7) is 0.800. The van der Waals surface area contributed by atoms with Gasteiger partial charge in [-0.2, -0.15) is 0 Å². The van der Waals surface area contributed by atoms with Gasteiger partial charge in [-0.05, 0) is 36.6 Å². The Morgan fingerprint density at radius 2 is 2.36 bits per heavy atom. The maximum atomic E-state index is 7.53. The molecule has 0 atom stereocenters. The predicted molar refractivity (Wildman–Crippen MR) is 54.1 cm³/mol. The van der Waals surface area contributed by atoms with Gasteiger partial charge in [0, 0.05) is 5.56 Å². The molecular formula is C11H13NO2. The van der Waals surface area contributed by atoms with Gasteiger partial charge in [-0.15, -0.1) is 0 Å². The summed E-state index contributed by atoms with van der Waals surface area (Å²) in [6.07, 6.45) is 2.08. The molecule has 0 aliphatic carbocycles. The largest absolute Gasteiger partial charge is 0.493 e. The number of nitrogens with one attached hydrogen (secondary N) is 1. The van der Waals surface area contributed by atoms with Gasteiger partial charge >= 0.3 is 0 Å². The molecule has 1 aliphatic rings. The van der Waals surface area contributed by atoms with Gasteiger partial charge in [0.15, 0.2) is 0 Å². The molecule has 74 valence electrons. The quantitative estimate of drug-likeness (QED) is 0.544. The number of rotatable bonds is 1. The van der Waals surface area contributed by atoms with E-state index < -0.39 is 0 Å². The van der Waals surface area contributed by atoms with Gasteiger partial charge in [0.25, 0.3) is 0 Å². The Bertz CT molecular complexity index is 360. The topological polar surface area (TPSA) is 42.3 Å². The van der Waals surface area contributed by atoms with Crippen molar-refractivity contribution in [1.82, 2.24) is 0 Å². The number of hydrogen-bond acceptors (Lipinski definition) is 3. The van der Waals surface area contributed by atoms with Gasteiger partial charge in [-0.3, -0.25) is 5.41 Å². The van der Waals surface area contributed by atoms with Crippen LogP contribution in [0.3, 0.4) is 0 Å². The van der Waals surface area contributed by atoms with Crippen molar-refractivity contribution in [3.8, 4) is 5.75 Å². The van der Waals surface area contributed by atoms with Crippen LogP contribution >= 0.6 is 0 Å². The molecule has 0 saturated heterocycles. The molecule has 0 amide bonds. The molecule has 14 heavy (non-hydrogen) atoms. The molecule has 1 aromatic carbocycles. The summed E-state index contributed by atoms with van der Waals surface area (Å²) < 4.78 is 10.4. The smallest absolute Gasteiger partial charge is 0.212 e. The van der Waals surface area contributed by atoms with Crippen LogP contribution in [0.4, 0.5) is 0 Å². The first-order valence-electron chi connectivity index (χ1n) is 4.70. The molecule has 0 radical (unpaired) electrons. The van der Waals surface area contributed by atoms with Crippen molar-refractivity contribution in [2.24, 2.45) is 0 Å². The summed E-state index contributed by atoms with van der Waals surface area (Å²) in [4.78, 5) is 0. The zero-order valence-electron chi connectivity index (χ0n) is 8.17. The lowest BCUT2D eigenvalue weighted by molar-refractivity contribution is 0.288. The molecule has 1 N–H and O–H groups in total. The summed E-state index contributed by atoms with van der Waals surface area (Å²) in [7, 11) is 1.51. The van der Waals surface area contributed by atoms with Crippen LogP contribution in [0.1, 0.15) is 17.5 Å². The van der Waals surface area contributed by atoms with E-state index in [2.05, 4.69) is 0 Å². The van der Waals surface area contributed by atoms with Gasteiger partial charge in [0.05, 0.1) is 13.7 Å². The molecule has 0 fully saturated rings. The first kappa shape index (κ1) is 9.06. The van der Waals surface area contributed by atoms with E-state index in [9.17, 15) is 0 Å². The van der Waals surface area contributed by atoms with Gasteiger partial charge in [0.2, 0.25) is 5.90 Å². The highest BCUT2D eigenvalue weighted by Gasteiger charge is 2.11. The van der Waals surface area contributed by atoms with Gasteiger partial charge < -0.3 is 9.47 Å². The third-order valence-electron chi connectivity index (χ3n) is 2.37. The second-order valence-electron chi connectivity index (χ2n) is 3.31. The molecule has 0 aromatic heterocycles. The van der Waals surface area contributed by atoms with Crippen molar-refractivity contribution < 1.29 is 9.47 Å². The zero-order valence-corrected chi connectivity index (χ0v) is 8.17. The Hall–Kier alpha value is -1.51. The van der Waals surface area contributed by atoms with Crippen LogP contribution in [0.25, 0.3) is 0 Å². The number of benzene rings is 1. The van der Waals surface area contributed by atoms with Crippen molar-refractivity contribution in [1.29, 1.82) is 5.41 Å². The van der Waals surface area contributed by atoms with E-state index in [1.165, 1.54) is 12.7 Å². The highest BCUT2D eigenvalue weighted by molar-refractivity contribution is 5.91. The van der Waals surface area contributed by atoms with Crippen molar-refractivity contribution in [2.45, 2.75) is 12.8 Å². The molecule has 1 aromatic rings. The SMILES string of the molecule is COC(=N)c1ccc2c(c1)CCCO2. The van der Waals surface area contributed by atoms with Crippen molar-refractivity contribution in [2.75, 3.05) is 13.7 Å². The number of hydrogen-bond donors (Lipinski definition) is 1. The van der Waals surface area contributed by atoms with E-state index in [4.69, 9.17) is 14.9 Å². The van der Waals surface area contributed by atoms with Crippen LogP contribution in [0.15, 0.2) is 18.2 Å². The van der Waals surface area contributed by atoms with Crippen LogP contribution in [0, 0.1) is 5.41 Å². The first-order chi connectivity index (χ1) is 6.81. The molecule has 2 rings (SSSR count). The molecule has 0 unspecified atom stereocenters. The summed E-state index contributed by atoms with van der Waals surface area (Å²) in [5.74, 6) is 1.15. The maximum Gasteiger partial charge on any atom is 0.212 e. The fraction of sp³-hybridized carbons (Fsp3) is 0.364. The normalized spacial score (nSPS) is 14.1. The lowest BCUT2D eigenvalue weighted by atomic mass is 10.0. The lowest BCUT2D eigenvalue weighted by Crippen LogP contribution is -2.10. The van der Waals surface area contributed by atoms with Crippen LogP contribution < -0.4 is 4.74 Å². The van der Waals surface area contributed by atoms with Crippen molar-refractivity contribution in [3.05, 3.63) is 29.3 Å². The van der Waals surface area contributed by atoms with Gasteiger partial charge in [-0.1, -0.05) is 0 Å². The first-order valence-corrected chi connectivity index (χ1v) is 4.70. The fourth-order valence-electron chi connectivity index (χ4n) is 1.62. The molecule has 3 nitrogen and oxygen atoms in total. The molecule has 1 heterocycles. The summed E-state index contributed by atoms with van der Waals surface area (Å²) in [6, 6.07) is 5.74. The van der Waals surface area contributed by atoms with E-state index in [0.717, 1.165) is 30.8 Å². The van der Waals surface area contributed by atoms with E-state index in [1.807, 2.05) is 18.2 Å². The Morgan fingerprint density at radius 1 is 1.50 bits per heavy atom. The highest BCUT2D eigenvalue weighted by atomic mass is 16.5.